The number of carbonyl (C=O) groups excluding carboxylic acids is 2. The summed E-state index contributed by atoms with van der Waals surface area (Å²) in [4.78, 5) is 24.2. The summed E-state index contributed by atoms with van der Waals surface area (Å²) in [6, 6.07) is 0. The van der Waals surface area contributed by atoms with Gasteiger partial charge in [-0.05, 0) is 50.4 Å². The van der Waals surface area contributed by atoms with Crippen LogP contribution in [-0.2, 0) is 18.9 Å². The summed E-state index contributed by atoms with van der Waals surface area (Å²) in [6.07, 6.45) is 16.2. The summed E-state index contributed by atoms with van der Waals surface area (Å²) in [6.45, 7) is 9.78. The second-order valence-electron chi connectivity index (χ2n) is 11.0. The molecule has 0 bridgehead atoms. The number of hydrogen-bond acceptors (Lipinski definition) is 6. The second-order valence-corrected chi connectivity index (χ2v) is 11.0. The van der Waals surface area contributed by atoms with Crippen LogP contribution in [0.5, 0.6) is 0 Å². The topological polar surface area (TPSA) is 71.1 Å². The highest BCUT2D eigenvalue weighted by atomic mass is 16.8. The van der Waals surface area contributed by atoms with Crippen molar-refractivity contribution in [2.75, 3.05) is 13.2 Å². The van der Waals surface area contributed by atoms with Crippen molar-refractivity contribution in [3.8, 4) is 0 Å². The van der Waals surface area contributed by atoms with E-state index in [0.717, 1.165) is 56.8 Å². The Bertz CT molecular complexity index is 533. The molecule has 0 radical (unpaired) electrons. The predicted molar refractivity (Wildman–Crippen MR) is 141 cm³/mol. The van der Waals surface area contributed by atoms with E-state index in [-0.39, 0.29) is 0 Å². The van der Waals surface area contributed by atoms with E-state index in [2.05, 4.69) is 27.7 Å². The van der Waals surface area contributed by atoms with E-state index in [1.54, 1.807) is 0 Å². The summed E-state index contributed by atoms with van der Waals surface area (Å²) >= 11 is 0. The molecule has 0 aromatic heterocycles. The molecular formula is C29H54O6. The molecule has 1 aliphatic rings. The minimum atomic E-state index is -0.662. The lowest BCUT2D eigenvalue weighted by Gasteiger charge is -2.29. The van der Waals surface area contributed by atoms with Gasteiger partial charge in [-0.1, -0.05) is 98.3 Å². The summed E-state index contributed by atoms with van der Waals surface area (Å²) in [5.41, 5.74) is 0. The Morgan fingerprint density at radius 1 is 0.571 bits per heavy atom. The minimum Gasteiger partial charge on any atom is -0.434 e. The Morgan fingerprint density at radius 3 is 1.29 bits per heavy atom. The summed E-state index contributed by atoms with van der Waals surface area (Å²) in [5.74, 6) is 1.54. The van der Waals surface area contributed by atoms with E-state index in [4.69, 9.17) is 18.9 Å². The normalized spacial score (nSPS) is 18.0. The smallest absolute Gasteiger partial charge is 0.434 e. The van der Waals surface area contributed by atoms with Crippen LogP contribution in [0.15, 0.2) is 0 Å². The molecule has 1 fully saturated rings. The first-order valence-electron chi connectivity index (χ1n) is 14.5. The molecule has 0 heterocycles. The van der Waals surface area contributed by atoms with Gasteiger partial charge in [-0.15, -0.1) is 0 Å². The van der Waals surface area contributed by atoms with Crippen LogP contribution in [0.4, 0.5) is 9.59 Å². The second kappa shape index (κ2) is 20.7. The monoisotopic (exact) mass is 498 g/mol. The van der Waals surface area contributed by atoms with Crippen molar-refractivity contribution < 1.29 is 28.5 Å². The predicted octanol–water partition coefficient (Wildman–Crippen LogP) is 8.99. The highest BCUT2D eigenvalue weighted by Crippen LogP contribution is 2.25. The SMILES string of the molecule is CC(C)CCCCCCCCCOC(=O)OC1CCCCC1OC(=O)OCCCCCCC(C)C. The first kappa shape index (κ1) is 31.6. The van der Waals surface area contributed by atoms with Crippen LogP contribution in [0.2, 0.25) is 0 Å². The molecule has 0 amide bonds. The van der Waals surface area contributed by atoms with Gasteiger partial charge in [0.1, 0.15) is 12.2 Å². The summed E-state index contributed by atoms with van der Waals surface area (Å²) in [7, 11) is 0. The third kappa shape index (κ3) is 18.5. The van der Waals surface area contributed by atoms with Crippen molar-refractivity contribution in [2.24, 2.45) is 11.8 Å². The highest BCUT2D eigenvalue weighted by molar-refractivity contribution is 5.61. The maximum absolute atomic E-state index is 12.1. The molecule has 0 aromatic carbocycles. The fourth-order valence-corrected chi connectivity index (χ4v) is 4.51. The van der Waals surface area contributed by atoms with Crippen molar-refractivity contribution in [3.05, 3.63) is 0 Å². The zero-order valence-electron chi connectivity index (χ0n) is 23.2. The molecule has 0 aromatic rings. The Labute approximate surface area is 215 Å². The average molecular weight is 499 g/mol. The Kier molecular flexibility index (Phi) is 18.7. The lowest BCUT2D eigenvalue weighted by molar-refractivity contribution is -0.0713. The fourth-order valence-electron chi connectivity index (χ4n) is 4.51. The van der Waals surface area contributed by atoms with Gasteiger partial charge in [0.2, 0.25) is 0 Å². The first-order chi connectivity index (χ1) is 16.9. The molecular weight excluding hydrogens is 444 g/mol. The minimum absolute atomic E-state index is 0.374. The largest absolute Gasteiger partial charge is 0.508 e. The van der Waals surface area contributed by atoms with Gasteiger partial charge in [0.25, 0.3) is 0 Å². The van der Waals surface area contributed by atoms with Crippen molar-refractivity contribution in [1.82, 2.24) is 0 Å². The molecule has 0 spiro atoms. The van der Waals surface area contributed by atoms with Crippen LogP contribution in [-0.4, -0.2) is 37.7 Å². The molecule has 6 heteroatoms. The number of rotatable bonds is 19. The van der Waals surface area contributed by atoms with Gasteiger partial charge in [-0.2, -0.15) is 0 Å². The Morgan fingerprint density at radius 2 is 0.914 bits per heavy atom. The van der Waals surface area contributed by atoms with E-state index in [1.807, 2.05) is 0 Å². The maximum Gasteiger partial charge on any atom is 0.508 e. The lowest BCUT2D eigenvalue weighted by Crippen LogP contribution is -2.38. The van der Waals surface area contributed by atoms with Crippen molar-refractivity contribution in [1.29, 1.82) is 0 Å². The third-order valence-corrected chi connectivity index (χ3v) is 6.68. The molecule has 206 valence electrons. The zero-order valence-corrected chi connectivity index (χ0v) is 23.2. The summed E-state index contributed by atoms with van der Waals surface area (Å²) < 4.78 is 21.5. The number of carbonyl (C=O) groups is 2. The molecule has 6 nitrogen and oxygen atoms in total. The molecule has 1 aliphatic carbocycles. The molecule has 0 N–H and O–H groups in total. The fraction of sp³-hybridized carbons (Fsp3) is 0.931. The van der Waals surface area contributed by atoms with E-state index in [0.29, 0.717) is 26.1 Å². The number of hydrogen-bond donors (Lipinski definition) is 0. The third-order valence-electron chi connectivity index (χ3n) is 6.68. The van der Waals surface area contributed by atoms with Crippen LogP contribution in [0.1, 0.15) is 137 Å². The van der Waals surface area contributed by atoms with Crippen LogP contribution in [0.3, 0.4) is 0 Å². The Balaban J connectivity index is 2.10. The van der Waals surface area contributed by atoms with Crippen molar-refractivity contribution >= 4 is 12.3 Å². The van der Waals surface area contributed by atoms with E-state index >= 15 is 0 Å². The van der Waals surface area contributed by atoms with Crippen molar-refractivity contribution in [2.45, 2.75) is 149 Å². The molecule has 0 aliphatic heterocycles. The van der Waals surface area contributed by atoms with E-state index < -0.39 is 24.5 Å². The standard InChI is InChI=1S/C29H54O6/c1-24(2)18-12-8-6-5-7-10-16-22-32-28(30)34-26-20-14-15-21-27(26)35-29(31)33-23-17-11-9-13-19-25(3)4/h24-27H,5-23H2,1-4H3. The van der Waals surface area contributed by atoms with Gasteiger partial charge in [0.15, 0.2) is 0 Å². The number of ether oxygens (including phenoxy) is 4. The van der Waals surface area contributed by atoms with Gasteiger partial charge in [0, 0.05) is 0 Å². The van der Waals surface area contributed by atoms with Crippen LogP contribution in [0.25, 0.3) is 0 Å². The molecule has 35 heavy (non-hydrogen) atoms. The highest BCUT2D eigenvalue weighted by Gasteiger charge is 2.32. The average Bonchev–Trinajstić information content (AvgIpc) is 2.80. The lowest BCUT2D eigenvalue weighted by atomic mass is 9.95. The van der Waals surface area contributed by atoms with Crippen LogP contribution >= 0.6 is 0 Å². The zero-order chi connectivity index (χ0) is 25.7. The quantitative estimate of drug-likeness (QED) is 0.131. The molecule has 1 saturated carbocycles. The van der Waals surface area contributed by atoms with Crippen molar-refractivity contribution in [3.63, 3.8) is 0 Å². The molecule has 2 unspecified atom stereocenters. The van der Waals surface area contributed by atoms with Gasteiger partial charge >= 0.3 is 12.3 Å². The molecule has 1 rings (SSSR count). The van der Waals surface area contributed by atoms with Crippen LogP contribution < -0.4 is 0 Å². The van der Waals surface area contributed by atoms with Gasteiger partial charge in [-0.25, -0.2) is 9.59 Å². The number of unbranched alkanes of at least 4 members (excludes halogenated alkanes) is 9. The van der Waals surface area contributed by atoms with Gasteiger partial charge < -0.3 is 18.9 Å². The van der Waals surface area contributed by atoms with Crippen LogP contribution in [0, 0.1) is 11.8 Å². The first-order valence-corrected chi connectivity index (χ1v) is 14.5. The van der Waals surface area contributed by atoms with Gasteiger partial charge in [-0.3, -0.25) is 0 Å². The molecule has 2 atom stereocenters. The summed E-state index contributed by atoms with van der Waals surface area (Å²) in [5, 5.41) is 0. The Hall–Kier alpha value is -1.46. The van der Waals surface area contributed by atoms with E-state index in [9.17, 15) is 9.59 Å². The van der Waals surface area contributed by atoms with E-state index in [1.165, 1.54) is 51.4 Å². The maximum atomic E-state index is 12.1. The van der Waals surface area contributed by atoms with Gasteiger partial charge in [0.05, 0.1) is 13.2 Å². The molecule has 0 saturated heterocycles.